The van der Waals surface area contributed by atoms with Crippen molar-refractivity contribution in [2.75, 3.05) is 47.5 Å². The zero-order valence-corrected chi connectivity index (χ0v) is 52.4. The van der Waals surface area contributed by atoms with Gasteiger partial charge in [-0.15, -0.1) is 0 Å². The van der Waals surface area contributed by atoms with Gasteiger partial charge in [0.1, 0.15) is 19.8 Å². The van der Waals surface area contributed by atoms with Gasteiger partial charge in [-0.3, -0.25) is 18.6 Å². The third-order valence-corrected chi connectivity index (χ3v) is 16.3. The van der Waals surface area contributed by atoms with Gasteiger partial charge in [0.25, 0.3) is 0 Å². The average molecular weight is 1100 g/mol. The van der Waals surface area contributed by atoms with Crippen molar-refractivity contribution in [3.05, 3.63) is 12.2 Å². The molecule has 0 saturated carbocycles. The van der Waals surface area contributed by atoms with E-state index < -0.39 is 26.5 Å². The lowest BCUT2D eigenvalue weighted by Crippen LogP contribution is -2.37. The van der Waals surface area contributed by atoms with Crippen molar-refractivity contribution in [1.82, 2.24) is 0 Å². The predicted molar refractivity (Wildman–Crippen MR) is 326 cm³/mol. The number of allylic oxidation sites excluding steroid dienone is 2. The zero-order valence-electron chi connectivity index (χ0n) is 51.5. The molecule has 9 nitrogen and oxygen atoms in total. The maximum Gasteiger partial charge on any atom is 0.472 e. The highest BCUT2D eigenvalue weighted by atomic mass is 31.2. The molecule has 10 heteroatoms. The molecule has 0 radical (unpaired) electrons. The summed E-state index contributed by atoms with van der Waals surface area (Å²) in [5.74, 6) is -0.782. The summed E-state index contributed by atoms with van der Waals surface area (Å²) in [5.41, 5.74) is 0. The summed E-state index contributed by atoms with van der Waals surface area (Å²) in [6.07, 6.45) is 70.4. The third-order valence-electron chi connectivity index (χ3n) is 15.3. The molecule has 2 atom stereocenters. The summed E-state index contributed by atoms with van der Waals surface area (Å²) in [7, 11) is 1.49. The van der Waals surface area contributed by atoms with Crippen LogP contribution in [-0.4, -0.2) is 74.9 Å². The van der Waals surface area contributed by atoms with E-state index in [2.05, 4.69) is 26.0 Å². The molecule has 452 valence electrons. The van der Waals surface area contributed by atoms with Crippen molar-refractivity contribution < 1.29 is 42.1 Å². The molecule has 0 aliphatic rings. The minimum absolute atomic E-state index is 0.0346. The molecule has 0 fully saturated rings. The molecule has 0 heterocycles. The van der Waals surface area contributed by atoms with Crippen LogP contribution in [0.25, 0.3) is 0 Å². The van der Waals surface area contributed by atoms with Crippen molar-refractivity contribution in [2.45, 2.75) is 354 Å². The number of hydrogen-bond donors (Lipinski definition) is 1. The van der Waals surface area contributed by atoms with Crippen LogP contribution in [0.15, 0.2) is 12.2 Å². The molecule has 0 rings (SSSR count). The number of phosphoric ester groups is 1. The lowest BCUT2D eigenvalue weighted by Gasteiger charge is -2.24. The van der Waals surface area contributed by atoms with Crippen molar-refractivity contribution >= 4 is 19.8 Å². The average Bonchev–Trinajstić information content (AvgIpc) is 3.38. The molecule has 2 unspecified atom stereocenters. The van der Waals surface area contributed by atoms with Crippen molar-refractivity contribution in [3.63, 3.8) is 0 Å². The van der Waals surface area contributed by atoms with E-state index in [0.29, 0.717) is 23.9 Å². The normalized spacial score (nSPS) is 13.2. The summed E-state index contributed by atoms with van der Waals surface area (Å²) in [4.78, 5) is 35.7. The summed E-state index contributed by atoms with van der Waals surface area (Å²) < 4.78 is 34.6. The number of hydrogen-bond acceptors (Lipinski definition) is 7. The van der Waals surface area contributed by atoms with Crippen molar-refractivity contribution in [2.24, 2.45) is 0 Å². The number of likely N-dealkylation sites (N-methyl/N-ethyl adjacent to an activating group) is 1. The Balaban J connectivity index is 3.91. The van der Waals surface area contributed by atoms with Crippen LogP contribution in [0.1, 0.15) is 348 Å². The Labute approximate surface area is 473 Å². The Hall–Kier alpha value is -1.25. The molecule has 0 aromatic heterocycles. The highest BCUT2D eigenvalue weighted by Crippen LogP contribution is 2.43. The quantitative estimate of drug-likeness (QED) is 0.0211. The molecule has 1 N–H and O–H groups in total. The van der Waals surface area contributed by atoms with E-state index in [1.807, 2.05) is 21.1 Å². The molecule has 0 saturated heterocycles. The Morgan fingerprint density at radius 3 is 0.974 bits per heavy atom. The van der Waals surface area contributed by atoms with Gasteiger partial charge in [-0.1, -0.05) is 309 Å². The van der Waals surface area contributed by atoms with Crippen LogP contribution in [0.4, 0.5) is 0 Å². The molecule has 0 spiro atoms. The van der Waals surface area contributed by atoms with Gasteiger partial charge in [0.15, 0.2) is 6.10 Å². The molecule has 0 aromatic rings. The molecule has 0 aliphatic carbocycles. The maximum atomic E-state index is 12.8. The fraction of sp³-hybridized carbons (Fsp3) is 0.939. The Kier molecular flexibility index (Phi) is 57.4. The first-order chi connectivity index (χ1) is 37.0. The van der Waals surface area contributed by atoms with Gasteiger partial charge < -0.3 is 18.9 Å². The van der Waals surface area contributed by atoms with E-state index in [4.69, 9.17) is 18.5 Å². The molecule has 0 bridgehead atoms. The SMILES string of the molecule is CCCCCCCC/C=C\CCCCCCCCCC(=O)OC(COC(=O)CCCCCCCCCCCCCCCCCCCCCCCCCCCCCCCCCCCCC)COP(=O)(O)OCC[N+](C)(C)C. The number of ether oxygens (including phenoxy) is 2. The van der Waals surface area contributed by atoms with Crippen molar-refractivity contribution in [3.8, 4) is 0 Å². The van der Waals surface area contributed by atoms with E-state index >= 15 is 0 Å². The second kappa shape index (κ2) is 58.4. The highest BCUT2D eigenvalue weighted by molar-refractivity contribution is 7.47. The molecule has 0 amide bonds. The summed E-state index contributed by atoms with van der Waals surface area (Å²) in [6.45, 7) is 4.49. The molecule has 0 aliphatic heterocycles. The van der Waals surface area contributed by atoms with Crippen LogP contribution < -0.4 is 0 Å². The van der Waals surface area contributed by atoms with Gasteiger partial charge in [0.2, 0.25) is 0 Å². The molecule has 76 heavy (non-hydrogen) atoms. The first-order valence-electron chi connectivity index (χ1n) is 33.4. The molecular weight excluding hydrogens is 966 g/mol. The van der Waals surface area contributed by atoms with E-state index in [1.165, 1.54) is 270 Å². The van der Waals surface area contributed by atoms with Gasteiger partial charge in [0.05, 0.1) is 27.7 Å². The summed E-state index contributed by atoms with van der Waals surface area (Å²) >= 11 is 0. The van der Waals surface area contributed by atoms with Gasteiger partial charge in [0, 0.05) is 12.8 Å². The fourth-order valence-corrected chi connectivity index (χ4v) is 10.9. The Morgan fingerprint density at radius 1 is 0.395 bits per heavy atom. The largest absolute Gasteiger partial charge is 0.472 e. The number of quaternary nitrogens is 1. The number of phosphoric acid groups is 1. The Bertz CT molecular complexity index is 1290. The highest BCUT2D eigenvalue weighted by Gasteiger charge is 2.27. The second-order valence-electron chi connectivity index (χ2n) is 24.2. The number of unbranched alkanes of at least 4 members (excludes halogenated alkanes) is 47. The summed E-state index contributed by atoms with van der Waals surface area (Å²) in [6, 6.07) is 0. The van der Waals surface area contributed by atoms with Crippen LogP contribution in [0.5, 0.6) is 0 Å². The molecule has 0 aromatic carbocycles. The van der Waals surface area contributed by atoms with E-state index in [0.717, 1.165) is 44.9 Å². The predicted octanol–water partition coefficient (Wildman–Crippen LogP) is 21.2. The van der Waals surface area contributed by atoms with Crippen molar-refractivity contribution in [1.29, 1.82) is 0 Å². The summed E-state index contributed by atoms with van der Waals surface area (Å²) in [5, 5.41) is 0. The van der Waals surface area contributed by atoms with E-state index in [1.54, 1.807) is 0 Å². The molecular formula is C66H131NO8P+. The number of carbonyl (C=O) groups excluding carboxylic acids is 2. The fourth-order valence-electron chi connectivity index (χ4n) is 10.1. The lowest BCUT2D eigenvalue weighted by atomic mass is 10.0. The van der Waals surface area contributed by atoms with E-state index in [-0.39, 0.29) is 25.6 Å². The van der Waals surface area contributed by atoms with Crippen LogP contribution >= 0.6 is 7.82 Å². The van der Waals surface area contributed by atoms with E-state index in [9.17, 15) is 19.0 Å². The van der Waals surface area contributed by atoms with Gasteiger partial charge >= 0.3 is 19.8 Å². The first kappa shape index (κ1) is 74.8. The smallest absolute Gasteiger partial charge is 0.462 e. The first-order valence-corrected chi connectivity index (χ1v) is 34.9. The monoisotopic (exact) mass is 1100 g/mol. The van der Waals surface area contributed by atoms with Gasteiger partial charge in [-0.25, -0.2) is 4.57 Å². The number of rotatable bonds is 63. The maximum absolute atomic E-state index is 12.8. The number of carbonyl (C=O) groups is 2. The second-order valence-corrected chi connectivity index (χ2v) is 25.7. The zero-order chi connectivity index (χ0) is 55.6. The van der Waals surface area contributed by atoms with Crippen LogP contribution in [0.3, 0.4) is 0 Å². The topological polar surface area (TPSA) is 108 Å². The van der Waals surface area contributed by atoms with Crippen LogP contribution in [0.2, 0.25) is 0 Å². The Morgan fingerprint density at radius 2 is 0.671 bits per heavy atom. The van der Waals surface area contributed by atoms with Gasteiger partial charge in [-0.05, 0) is 38.5 Å². The number of esters is 2. The minimum Gasteiger partial charge on any atom is -0.462 e. The van der Waals surface area contributed by atoms with Gasteiger partial charge in [-0.2, -0.15) is 0 Å². The van der Waals surface area contributed by atoms with Crippen LogP contribution in [-0.2, 0) is 32.7 Å². The standard InChI is InChI=1S/C66H130NO8P/c1-6-8-10-12-14-16-18-20-22-24-25-26-27-28-29-30-31-32-33-34-35-36-37-38-39-40-41-43-44-46-48-50-52-54-56-58-65(68)72-62-64(63-74-76(70,71)73-61-60-67(3,4)5)75-66(69)59-57-55-53-51-49-47-45-42-23-21-19-17-15-13-11-9-7-2/h21,23,64H,6-20,22,24-63H2,1-5H3/p+1/b23-21-. The minimum atomic E-state index is -4.38. The van der Waals surface area contributed by atoms with Crippen LogP contribution in [0, 0.1) is 0 Å². The lowest BCUT2D eigenvalue weighted by molar-refractivity contribution is -0.870. The number of nitrogens with zero attached hydrogens (tertiary/aromatic N) is 1. The third kappa shape index (κ3) is 62.0.